The lowest BCUT2D eigenvalue weighted by atomic mass is 9.89. The lowest BCUT2D eigenvalue weighted by Crippen LogP contribution is -2.33. The summed E-state index contributed by atoms with van der Waals surface area (Å²) < 4.78 is 1.92. The summed E-state index contributed by atoms with van der Waals surface area (Å²) in [7, 11) is 1.95. The number of unbranched alkanes of at least 4 members (excludes halogenated alkanes) is 1. The minimum absolute atomic E-state index is 0.128. The van der Waals surface area contributed by atoms with Gasteiger partial charge in [-0.2, -0.15) is 5.10 Å². The molecule has 1 aromatic heterocycles. The predicted octanol–water partition coefficient (Wildman–Crippen LogP) is 4.72. The van der Waals surface area contributed by atoms with Gasteiger partial charge in [0, 0.05) is 48.6 Å². The minimum atomic E-state index is -0.860. The van der Waals surface area contributed by atoms with Crippen molar-refractivity contribution in [1.82, 2.24) is 14.7 Å². The molecule has 5 nitrogen and oxygen atoms in total. The van der Waals surface area contributed by atoms with E-state index in [2.05, 4.69) is 6.58 Å². The molecule has 1 unspecified atom stereocenters. The van der Waals surface area contributed by atoms with Crippen LogP contribution < -0.4 is 0 Å². The normalized spacial score (nSPS) is 16.8. The maximum Gasteiger partial charge on any atom is 0.407 e. The van der Waals surface area contributed by atoms with E-state index in [-0.39, 0.29) is 5.92 Å². The quantitative estimate of drug-likeness (QED) is 0.609. The molecule has 1 N–H and O–H groups in total. The molecule has 1 aliphatic heterocycles. The molecule has 0 spiro atoms. The third-order valence-corrected chi connectivity index (χ3v) is 5.23. The molecule has 1 aromatic carbocycles. The van der Waals surface area contributed by atoms with E-state index >= 15 is 0 Å². The van der Waals surface area contributed by atoms with Gasteiger partial charge < -0.3 is 10.0 Å². The van der Waals surface area contributed by atoms with E-state index in [0.717, 1.165) is 36.2 Å². The molecule has 1 amide bonds. The number of fused-ring (bicyclic) bond motifs is 1. The molecule has 0 bridgehead atoms. The summed E-state index contributed by atoms with van der Waals surface area (Å²) >= 11 is 6.05. The Bertz CT molecular complexity index is 798. The number of allylic oxidation sites excluding steroid dienone is 1. The van der Waals surface area contributed by atoms with Gasteiger partial charge in [-0.1, -0.05) is 29.8 Å². The third kappa shape index (κ3) is 3.78. The molecule has 0 aliphatic carbocycles. The van der Waals surface area contributed by atoms with Crippen LogP contribution in [0, 0.1) is 0 Å². The second-order valence-electron chi connectivity index (χ2n) is 6.73. The van der Waals surface area contributed by atoms with Gasteiger partial charge in [-0.3, -0.25) is 4.68 Å². The van der Waals surface area contributed by atoms with Crippen molar-refractivity contribution in [3.63, 3.8) is 0 Å². The zero-order valence-electron chi connectivity index (χ0n) is 15.0. The number of benzene rings is 1. The predicted molar refractivity (Wildman–Crippen MR) is 104 cm³/mol. The number of nitrogens with zero attached hydrogens (tertiary/aromatic N) is 3. The fourth-order valence-electron chi connectivity index (χ4n) is 3.77. The maximum absolute atomic E-state index is 11.6. The van der Waals surface area contributed by atoms with Gasteiger partial charge in [0.2, 0.25) is 0 Å². The molecule has 0 fully saturated rings. The zero-order chi connectivity index (χ0) is 18.7. The van der Waals surface area contributed by atoms with E-state index in [0.29, 0.717) is 24.5 Å². The van der Waals surface area contributed by atoms with Gasteiger partial charge in [0.15, 0.2) is 0 Å². The average molecular weight is 374 g/mol. The first-order valence-corrected chi connectivity index (χ1v) is 9.29. The van der Waals surface area contributed by atoms with Gasteiger partial charge in [-0.15, -0.1) is 6.58 Å². The van der Waals surface area contributed by atoms with E-state index in [1.807, 2.05) is 42.1 Å². The van der Waals surface area contributed by atoms with Crippen LogP contribution in [0.4, 0.5) is 4.79 Å². The third-order valence-electron chi connectivity index (χ3n) is 4.98. The van der Waals surface area contributed by atoms with Crippen LogP contribution in [-0.2, 0) is 13.5 Å². The molecule has 0 saturated heterocycles. The summed E-state index contributed by atoms with van der Waals surface area (Å²) in [6.07, 6.45) is 4.51. The highest BCUT2D eigenvalue weighted by Crippen LogP contribution is 2.37. The van der Waals surface area contributed by atoms with Crippen molar-refractivity contribution < 1.29 is 9.90 Å². The molecule has 138 valence electrons. The summed E-state index contributed by atoms with van der Waals surface area (Å²) in [4.78, 5) is 13.1. The first-order chi connectivity index (χ1) is 12.5. The summed E-state index contributed by atoms with van der Waals surface area (Å²) in [6, 6.07) is 7.76. The van der Waals surface area contributed by atoms with Crippen LogP contribution in [0.5, 0.6) is 0 Å². The number of rotatable bonds is 5. The van der Waals surface area contributed by atoms with Crippen molar-refractivity contribution >= 4 is 17.7 Å². The van der Waals surface area contributed by atoms with Crippen molar-refractivity contribution in [3.05, 3.63) is 53.2 Å². The van der Waals surface area contributed by atoms with Crippen LogP contribution in [0.2, 0.25) is 5.02 Å². The average Bonchev–Trinajstić information content (AvgIpc) is 2.83. The Labute approximate surface area is 158 Å². The lowest BCUT2D eigenvalue weighted by Gasteiger charge is -2.23. The smallest absolute Gasteiger partial charge is 0.407 e. The van der Waals surface area contributed by atoms with Crippen molar-refractivity contribution in [2.75, 3.05) is 13.1 Å². The van der Waals surface area contributed by atoms with Gasteiger partial charge in [0.25, 0.3) is 0 Å². The topological polar surface area (TPSA) is 58.4 Å². The van der Waals surface area contributed by atoms with Crippen molar-refractivity contribution in [2.24, 2.45) is 7.05 Å². The van der Waals surface area contributed by atoms with Crippen molar-refractivity contribution in [1.29, 1.82) is 0 Å². The second kappa shape index (κ2) is 7.96. The highest BCUT2D eigenvalue weighted by Gasteiger charge is 2.31. The Balaban J connectivity index is 2.04. The van der Waals surface area contributed by atoms with Crippen molar-refractivity contribution in [2.45, 2.75) is 31.6 Å². The number of carbonyl (C=O) groups is 1. The molecule has 2 aromatic rings. The lowest BCUT2D eigenvalue weighted by molar-refractivity contribution is 0.143. The highest BCUT2D eigenvalue weighted by atomic mass is 35.5. The van der Waals surface area contributed by atoms with Gasteiger partial charge in [0.05, 0.1) is 11.4 Å². The number of hydrogen-bond donors (Lipinski definition) is 1. The fourth-order valence-corrected chi connectivity index (χ4v) is 3.89. The van der Waals surface area contributed by atoms with E-state index in [1.165, 1.54) is 10.5 Å². The van der Waals surface area contributed by atoms with Gasteiger partial charge in [-0.05, 0) is 31.4 Å². The molecule has 1 aliphatic rings. The number of hydrogen-bond acceptors (Lipinski definition) is 2. The number of aryl methyl sites for hydroxylation is 1. The molecule has 6 heteroatoms. The van der Waals surface area contributed by atoms with Crippen LogP contribution in [0.1, 0.15) is 36.4 Å². The molecule has 1 atom stereocenters. The monoisotopic (exact) mass is 373 g/mol. The first kappa shape index (κ1) is 18.5. The Morgan fingerprint density at radius 3 is 2.81 bits per heavy atom. The molecule has 3 rings (SSSR count). The second-order valence-corrected chi connectivity index (χ2v) is 7.17. The fraction of sp³-hybridized carbons (Fsp3) is 0.400. The molecule has 0 radical (unpaired) electrons. The molecule has 2 heterocycles. The molecular weight excluding hydrogens is 350 g/mol. The Morgan fingerprint density at radius 2 is 2.15 bits per heavy atom. The van der Waals surface area contributed by atoms with Crippen LogP contribution in [-0.4, -0.2) is 39.0 Å². The van der Waals surface area contributed by atoms with Crippen molar-refractivity contribution in [3.8, 4) is 11.3 Å². The summed E-state index contributed by atoms with van der Waals surface area (Å²) in [6.45, 7) is 4.78. The number of carboxylic acid groups (broad SMARTS) is 1. The van der Waals surface area contributed by atoms with E-state index < -0.39 is 6.09 Å². The number of amides is 1. The zero-order valence-corrected chi connectivity index (χ0v) is 15.7. The van der Waals surface area contributed by atoms with E-state index in [4.69, 9.17) is 16.7 Å². The van der Waals surface area contributed by atoms with Crippen LogP contribution in [0.15, 0.2) is 36.9 Å². The van der Waals surface area contributed by atoms with Gasteiger partial charge >= 0.3 is 6.09 Å². The SMILES string of the molecule is C=CCCCC1CN(C(=O)O)CCc2nn(C)c(-c3ccc(Cl)cc3)c21. The summed E-state index contributed by atoms with van der Waals surface area (Å²) in [5, 5.41) is 14.9. The maximum atomic E-state index is 11.6. The molecular formula is C20H24ClN3O2. The van der Waals surface area contributed by atoms with E-state index in [9.17, 15) is 9.90 Å². The standard InChI is InChI=1S/C20H24ClN3O2/c1-3-4-5-6-15-13-24(20(25)26)12-11-17-18(15)19(23(2)22-17)14-7-9-16(21)10-8-14/h3,7-10,15H,1,4-6,11-13H2,2H3,(H,25,26). The highest BCUT2D eigenvalue weighted by molar-refractivity contribution is 6.30. The number of halogens is 1. The summed E-state index contributed by atoms with van der Waals surface area (Å²) in [5.41, 5.74) is 4.31. The first-order valence-electron chi connectivity index (χ1n) is 8.91. The minimum Gasteiger partial charge on any atom is -0.465 e. The van der Waals surface area contributed by atoms with Crippen LogP contribution >= 0.6 is 11.6 Å². The Hall–Kier alpha value is -2.27. The Morgan fingerprint density at radius 1 is 1.42 bits per heavy atom. The Kier molecular flexibility index (Phi) is 5.67. The molecule has 26 heavy (non-hydrogen) atoms. The van der Waals surface area contributed by atoms with E-state index in [1.54, 1.807) is 0 Å². The van der Waals surface area contributed by atoms with Crippen LogP contribution in [0.25, 0.3) is 11.3 Å². The van der Waals surface area contributed by atoms with Gasteiger partial charge in [0.1, 0.15) is 0 Å². The largest absolute Gasteiger partial charge is 0.465 e. The molecule has 0 saturated carbocycles. The van der Waals surface area contributed by atoms with Gasteiger partial charge in [-0.25, -0.2) is 4.79 Å². The summed E-state index contributed by atoms with van der Waals surface area (Å²) in [5.74, 6) is 0.128. The number of aromatic nitrogens is 2. The van der Waals surface area contributed by atoms with Crippen LogP contribution in [0.3, 0.4) is 0 Å².